The number of amides is 1. The van der Waals surface area contributed by atoms with Crippen LogP contribution in [0.5, 0.6) is 23.0 Å². The summed E-state index contributed by atoms with van der Waals surface area (Å²) in [5.41, 5.74) is 0.135. The molecule has 6 N–H and O–H groups in total. The van der Waals surface area contributed by atoms with Gasteiger partial charge < -0.3 is 54.7 Å². The third kappa shape index (κ3) is 8.47. The van der Waals surface area contributed by atoms with Gasteiger partial charge in [-0.15, -0.1) is 0 Å². The summed E-state index contributed by atoms with van der Waals surface area (Å²) in [5, 5.41) is 60.2. The highest BCUT2D eigenvalue weighted by Crippen LogP contribution is 2.55. The third-order valence-electron chi connectivity index (χ3n) is 10.9. The summed E-state index contributed by atoms with van der Waals surface area (Å²) in [6, 6.07) is 0. The number of methoxy groups -OCH3 is 1. The standard InChI is InChI=1S/C41H56N2O12/c1-19-13-12-14-20(2)40(51)42-31-26(15-17-43(9)10)35(48)28-29(36(31)49)34(47)24(6)38-30(28)39(50)41(8,55-38)53-18-16-27(52-11)21(3)37(54-25(7)44)23(5)33(46)22(4)32(19)45/h12-14,16,18-19,21-23,27,32-33,37,45-49H,15,17H2,1-11H3,(H,42,51)/t19-,21+,22+,23+,27-,32-,33+,37+,41-/m0/s1. The molecule has 0 spiro atoms. The fraction of sp³-hybridized carbons (Fsp3) is 0.537. The second-order valence-corrected chi connectivity index (χ2v) is 15.2. The second kappa shape index (κ2) is 17.0. The van der Waals surface area contributed by atoms with Gasteiger partial charge in [-0.1, -0.05) is 45.9 Å². The monoisotopic (exact) mass is 768 g/mol. The van der Waals surface area contributed by atoms with Crippen LogP contribution in [0.15, 0.2) is 36.1 Å². The predicted molar refractivity (Wildman–Crippen MR) is 206 cm³/mol. The zero-order chi connectivity index (χ0) is 41.3. The van der Waals surface area contributed by atoms with Crippen LogP contribution in [0.3, 0.4) is 0 Å². The number of nitrogens with one attached hydrogen (secondary N) is 1. The van der Waals surface area contributed by atoms with E-state index in [1.165, 1.54) is 46.3 Å². The van der Waals surface area contributed by atoms with Gasteiger partial charge in [-0.25, -0.2) is 0 Å². The number of aromatic hydroxyl groups is 3. The summed E-state index contributed by atoms with van der Waals surface area (Å²) in [7, 11) is 5.06. The normalized spacial score (nSPS) is 29.3. The van der Waals surface area contributed by atoms with Crippen LogP contribution >= 0.6 is 0 Å². The van der Waals surface area contributed by atoms with Crippen molar-refractivity contribution in [2.75, 3.05) is 33.1 Å². The first kappa shape index (κ1) is 43.1. The summed E-state index contributed by atoms with van der Waals surface area (Å²) in [5.74, 6) is -7.90. The fourth-order valence-corrected chi connectivity index (χ4v) is 7.37. The van der Waals surface area contributed by atoms with Gasteiger partial charge in [-0.05, 0) is 40.4 Å². The summed E-state index contributed by atoms with van der Waals surface area (Å²) in [6.07, 6.45) is 3.80. The first-order chi connectivity index (χ1) is 25.7. The lowest BCUT2D eigenvalue weighted by atomic mass is 9.78. The molecule has 0 fully saturated rings. The Hall–Kier alpha value is -4.63. The van der Waals surface area contributed by atoms with Gasteiger partial charge in [0.05, 0.1) is 41.2 Å². The molecule has 3 heterocycles. The maximum atomic E-state index is 14.3. The number of carbonyl (C=O) groups excluding carboxylic acids is 3. The molecule has 9 atom stereocenters. The summed E-state index contributed by atoms with van der Waals surface area (Å²) >= 11 is 0. The molecular weight excluding hydrogens is 712 g/mol. The van der Waals surface area contributed by atoms with Gasteiger partial charge in [0.1, 0.15) is 23.4 Å². The highest BCUT2D eigenvalue weighted by Gasteiger charge is 2.50. The largest absolute Gasteiger partial charge is 0.507 e. The Morgan fingerprint density at radius 3 is 2.20 bits per heavy atom. The third-order valence-corrected chi connectivity index (χ3v) is 10.9. The Morgan fingerprint density at radius 2 is 1.60 bits per heavy atom. The SMILES string of the molecule is CO[C@H]1C=CO[C@@]2(C)Oc3c(C)c(O)c4c(O)c(c(CCN(C)C)c(O)c4c3C2=O)NC(=O)C(C)=CC=C[C@H](C)[C@H](O)[C@@H](C)[C@@H](O)[C@@H](C)[C@H](OC(C)=O)[C@@H]1C. The number of allylic oxidation sites excluding steroid dienone is 2. The van der Waals surface area contributed by atoms with E-state index >= 15 is 0 Å². The number of hydrogen-bond donors (Lipinski definition) is 6. The van der Waals surface area contributed by atoms with Crippen LogP contribution in [0, 0.1) is 30.6 Å². The summed E-state index contributed by atoms with van der Waals surface area (Å²) in [6.45, 7) is 13.0. The molecule has 14 heteroatoms. The van der Waals surface area contributed by atoms with E-state index in [4.69, 9.17) is 18.9 Å². The number of carbonyl (C=O) groups is 3. The van der Waals surface area contributed by atoms with E-state index in [1.807, 2.05) is 19.0 Å². The number of aliphatic hydroxyl groups excluding tert-OH is 2. The van der Waals surface area contributed by atoms with Crippen molar-refractivity contribution in [3.8, 4) is 23.0 Å². The lowest BCUT2D eigenvalue weighted by Gasteiger charge is -2.38. The number of ether oxygens (including phenoxy) is 4. The molecule has 0 saturated carbocycles. The Labute approximate surface area is 322 Å². The van der Waals surface area contributed by atoms with E-state index < -0.39 is 88.8 Å². The highest BCUT2D eigenvalue weighted by molar-refractivity contribution is 6.22. The number of likely N-dealkylation sites (N-methyl/N-ethyl adjacent to an activating group) is 1. The van der Waals surface area contributed by atoms with Gasteiger partial charge in [-0.3, -0.25) is 14.4 Å². The van der Waals surface area contributed by atoms with E-state index in [0.717, 1.165) is 0 Å². The number of benzene rings is 2. The number of nitrogens with zero attached hydrogens (tertiary/aromatic N) is 1. The van der Waals surface area contributed by atoms with Gasteiger partial charge in [0.2, 0.25) is 0 Å². The lowest BCUT2D eigenvalue weighted by molar-refractivity contribution is -0.160. The first-order valence-corrected chi connectivity index (χ1v) is 18.4. The number of hydrogen-bond acceptors (Lipinski definition) is 13. The fourth-order valence-electron chi connectivity index (χ4n) is 7.37. The minimum Gasteiger partial charge on any atom is -0.507 e. The van der Waals surface area contributed by atoms with Gasteiger partial charge in [0.15, 0.2) is 5.75 Å². The van der Waals surface area contributed by atoms with Gasteiger partial charge in [-0.2, -0.15) is 0 Å². The number of phenolic OH excluding ortho intramolecular Hbond substituents is 3. The van der Waals surface area contributed by atoms with Gasteiger partial charge >= 0.3 is 11.8 Å². The van der Waals surface area contributed by atoms with E-state index in [2.05, 4.69) is 5.32 Å². The minimum atomic E-state index is -2.01. The molecule has 3 aliphatic heterocycles. The molecule has 3 aliphatic rings. The zero-order valence-corrected chi connectivity index (χ0v) is 33.5. The van der Waals surface area contributed by atoms with Crippen molar-refractivity contribution >= 4 is 34.1 Å². The molecule has 0 aromatic heterocycles. The van der Waals surface area contributed by atoms with Crippen LogP contribution in [-0.4, -0.2) is 106 Å². The number of aliphatic hydroxyl groups is 2. The molecule has 302 valence electrons. The van der Waals surface area contributed by atoms with Crippen molar-refractivity contribution < 1.29 is 58.9 Å². The highest BCUT2D eigenvalue weighted by atomic mass is 16.7. The quantitative estimate of drug-likeness (QED) is 0.137. The molecule has 5 rings (SSSR count). The summed E-state index contributed by atoms with van der Waals surface area (Å²) in [4.78, 5) is 42.0. The topological polar surface area (TPSA) is 205 Å². The van der Waals surface area contributed by atoms with Crippen molar-refractivity contribution in [1.29, 1.82) is 0 Å². The van der Waals surface area contributed by atoms with Crippen molar-refractivity contribution in [3.63, 3.8) is 0 Å². The first-order valence-electron chi connectivity index (χ1n) is 18.4. The van der Waals surface area contributed by atoms with E-state index in [-0.39, 0.29) is 50.9 Å². The number of fused-ring (bicyclic) bond motifs is 14. The molecule has 0 radical (unpaired) electrons. The molecule has 5 bridgehead atoms. The average molecular weight is 769 g/mol. The van der Waals surface area contributed by atoms with Crippen molar-refractivity contribution in [2.24, 2.45) is 23.7 Å². The van der Waals surface area contributed by atoms with E-state index in [1.54, 1.807) is 46.8 Å². The number of ketones is 1. The Balaban J connectivity index is 1.96. The van der Waals surface area contributed by atoms with Crippen molar-refractivity contribution in [3.05, 3.63) is 52.8 Å². The maximum absolute atomic E-state index is 14.3. The average Bonchev–Trinajstić information content (AvgIpc) is 3.39. The number of phenols is 3. The molecule has 0 unspecified atom stereocenters. The molecule has 55 heavy (non-hydrogen) atoms. The van der Waals surface area contributed by atoms with Crippen LogP contribution in [0.1, 0.15) is 70.0 Å². The molecule has 1 amide bonds. The predicted octanol–water partition coefficient (Wildman–Crippen LogP) is 4.86. The number of esters is 1. The molecule has 2 aromatic carbocycles. The Kier molecular flexibility index (Phi) is 13.3. The summed E-state index contributed by atoms with van der Waals surface area (Å²) < 4.78 is 23.5. The van der Waals surface area contributed by atoms with Crippen LogP contribution in [0.25, 0.3) is 10.8 Å². The molecule has 0 aliphatic carbocycles. The molecule has 14 nitrogen and oxygen atoms in total. The number of anilines is 1. The Morgan fingerprint density at radius 1 is 0.945 bits per heavy atom. The van der Waals surface area contributed by atoms with Crippen molar-refractivity contribution in [2.45, 2.75) is 92.0 Å². The van der Waals surface area contributed by atoms with Crippen LogP contribution in [0.2, 0.25) is 0 Å². The minimum absolute atomic E-state index is 0.0630. The zero-order valence-electron chi connectivity index (χ0n) is 33.5. The van der Waals surface area contributed by atoms with Crippen LogP contribution in [-0.2, 0) is 30.2 Å². The van der Waals surface area contributed by atoms with Gasteiger partial charge in [0, 0.05) is 73.3 Å². The van der Waals surface area contributed by atoms with Crippen LogP contribution in [0.4, 0.5) is 5.69 Å². The maximum Gasteiger partial charge on any atom is 0.312 e. The molecule has 0 saturated heterocycles. The van der Waals surface area contributed by atoms with Gasteiger partial charge in [0.25, 0.3) is 11.7 Å². The Bertz CT molecular complexity index is 1900. The van der Waals surface area contributed by atoms with Crippen LogP contribution < -0.4 is 10.1 Å². The smallest absolute Gasteiger partial charge is 0.312 e. The van der Waals surface area contributed by atoms with Crippen molar-refractivity contribution in [1.82, 2.24) is 4.90 Å². The molecular formula is C41H56N2O12. The second-order valence-electron chi connectivity index (χ2n) is 15.2. The number of Topliss-reactive ketones (excluding diaryl/α,β-unsaturated/α-hetero) is 1. The molecule has 2 aromatic rings. The lowest BCUT2D eigenvalue weighted by Crippen LogP contribution is -2.46. The van der Waals surface area contributed by atoms with E-state index in [9.17, 15) is 39.9 Å². The van der Waals surface area contributed by atoms with E-state index in [0.29, 0.717) is 6.54 Å². The number of rotatable bonds is 5.